The number of amides is 2. The lowest BCUT2D eigenvalue weighted by atomic mass is 9.92. The van der Waals surface area contributed by atoms with Crippen LogP contribution in [0.3, 0.4) is 0 Å². The number of hydrogen-bond acceptors (Lipinski definition) is 3. The Kier molecular flexibility index (Phi) is 5.79. The van der Waals surface area contributed by atoms with E-state index in [1.807, 2.05) is 20.8 Å². The average Bonchev–Trinajstić information content (AvgIpc) is 2.87. The van der Waals surface area contributed by atoms with Crippen molar-refractivity contribution >= 4 is 11.8 Å². The highest BCUT2D eigenvalue weighted by Gasteiger charge is 2.28. The SMILES string of the molecule is CNC(=O)C(C)(C)CNC(C)C(=O)NC1CCCC1. The minimum atomic E-state index is -0.517. The fourth-order valence-corrected chi connectivity index (χ4v) is 2.32. The van der Waals surface area contributed by atoms with Gasteiger partial charge in [0.05, 0.1) is 11.5 Å². The summed E-state index contributed by atoms with van der Waals surface area (Å²) >= 11 is 0. The van der Waals surface area contributed by atoms with Gasteiger partial charge in [-0.3, -0.25) is 9.59 Å². The molecule has 1 aliphatic carbocycles. The molecule has 5 heteroatoms. The summed E-state index contributed by atoms with van der Waals surface area (Å²) in [6, 6.07) is 0.0632. The van der Waals surface area contributed by atoms with Gasteiger partial charge in [0.15, 0.2) is 0 Å². The molecule has 0 aliphatic heterocycles. The van der Waals surface area contributed by atoms with Gasteiger partial charge in [0.2, 0.25) is 11.8 Å². The Balaban J connectivity index is 2.35. The second kappa shape index (κ2) is 6.89. The second-order valence-corrected chi connectivity index (χ2v) is 6.06. The third-order valence-electron chi connectivity index (χ3n) is 3.79. The first-order valence-corrected chi connectivity index (χ1v) is 7.13. The smallest absolute Gasteiger partial charge is 0.237 e. The quantitative estimate of drug-likeness (QED) is 0.668. The zero-order valence-corrected chi connectivity index (χ0v) is 12.5. The van der Waals surface area contributed by atoms with E-state index in [-0.39, 0.29) is 17.9 Å². The van der Waals surface area contributed by atoms with E-state index in [0.717, 1.165) is 12.8 Å². The number of nitrogens with one attached hydrogen (secondary N) is 3. The molecule has 0 aromatic heterocycles. The molecule has 1 fully saturated rings. The molecule has 1 unspecified atom stereocenters. The normalized spacial score (nSPS) is 18.1. The van der Waals surface area contributed by atoms with Crippen molar-refractivity contribution in [3.8, 4) is 0 Å². The Morgan fingerprint density at radius 1 is 1.26 bits per heavy atom. The zero-order valence-electron chi connectivity index (χ0n) is 12.5. The topological polar surface area (TPSA) is 70.2 Å². The molecule has 1 atom stereocenters. The molecule has 0 bridgehead atoms. The van der Waals surface area contributed by atoms with Gasteiger partial charge < -0.3 is 16.0 Å². The Bertz CT molecular complexity index is 323. The molecule has 0 heterocycles. The van der Waals surface area contributed by atoms with Crippen LogP contribution in [0.15, 0.2) is 0 Å². The number of carbonyl (C=O) groups excluding carboxylic acids is 2. The third-order valence-corrected chi connectivity index (χ3v) is 3.79. The second-order valence-electron chi connectivity index (χ2n) is 6.06. The van der Waals surface area contributed by atoms with Crippen molar-refractivity contribution < 1.29 is 9.59 Å². The van der Waals surface area contributed by atoms with Gasteiger partial charge in [-0.15, -0.1) is 0 Å². The maximum Gasteiger partial charge on any atom is 0.237 e. The van der Waals surface area contributed by atoms with E-state index in [9.17, 15) is 9.59 Å². The molecule has 0 saturated heterocycles. The lowest BCUT2D eigenvalue weighted by molar-refractivity contribution is -0.129. The minimum absolute atomic E-state index is 0.0246. The molecule has 3 N–H and O–H groups in total. The molecule has 1 saturated carbocycles. The molecule has 19 heavy (non-hydrogen) atoms. The van der Waals surface area contributed by atoms with Crippen molar-refractivity contribution in [3.05, 3.63) is 0 Å². The van der Waals surface area contributed by atoms with Gasteiger partial charge in [-0.25, -0.2) is 0 Å². The van der Waals surface area contributed by atoms with E-state index in [1.165, 1.54) is 12.8 Å². The highest BCUT2D eigenvalue weighted by Crippen LogP contribution is 2.18. The monoisotopic (exact) mass is 269 g/mol. The van der Waals surface area contributed by atoms with Crippen LogP contribution in [0.25, 0.3) is 0 Å². The predicted octanol–water partition coefficient (Wildman–Crippen LogP) is 0.795. The highest BCUT2D eigenvalue weighted by molar-refractivity contribution is 5.83. The zero-order chi connectivity index (χ0) is 14.5. The Morgan fingerprint density at radius 2 is 1.84 bits per heavy atom. The van der Waals surface area contributed by atoms with Gasteiger partial charge >= 0.3 is 0 Å². The molecular weight excluding hydrogens is 242 g/mol. The summed E-state index contributed by atoms with van der Waals surface area (Å²) in [5, 5.41) is 8.83. The van der Waals surface area contributed by atoms with Crippen molar-refractivity contribution in [2.24, 2.45) is 5.41 Å². The largest absolute Gasteiger partial charge is 0.359 e. The predicted molar refractivity (Wildman–Crippen MR) is 75.7 cm³/mol. The average molecular weight is 269 g/mol. The van der Waals surface area contributed by atoms with Gasteiger partial charge in [-0.1, -0.05) is 12.8 Å². The van der Waals surface area contributed by atoms with Crippen molar-refractivity contribution in [2.45, 2.75) is 58.5 Å². The first-order chi connectivity index (χ1) is 8.86. The molecule has 0 aromatic carbocycles. The van der Waals surface area contributed by atoms with E-state index in [1.54, 1.807) is 7.05 Å². The van der Waals surface area contributed by atoms with Crippen molar-refractivity contribution in [2.75, 3.05) is 13.6 Å². The first kappa shape index (κ1) is 16.0. The molecular formula is C14H27N3O2. The standard InChI is InChI=1S/C14H27N3O2/c1-10(12(18)17-11-7-5-6-8-11)16-9-14(2,3)13(19)15-4/h10-11,16H,5-9H2,1-4H3,(H,15,19)(H,17,18). The summed E-state index contributed by atoms with van der Waals surface area (Å²) in [6.07, 6.45) is 4.58. The maximum absolute atomic E-state index is 12.0. The molecule has 0 spiro atoms. The van der Waals surface area contributed by atoms with Gasteiger partial charge in [0.25, 0.3) is 0 Å². The minimum Gasteiger partial charge on any atom is -0.359 e. The van der Waals surface area contributed by atoms with Crippen molar-refractivity contribution in [1.29, 1.82) is 0 Å². The fraction of sp³-hybridized carbons (Fsp3) is 0.857. The third kappa shape index (κ3) is 4.82. The highest BCUT2D eigenvalue weighted by atomic mass is 16.2. The van der Waals surface area contributed by atoms with Crippen LogP contribution in [0.2, 0.25) is 0 Å². The van der Waals surface area contributed by atoms with E-state index in [2.05, 4.69) is 16.0 Å². The Hall–Kier alpha value is -1.10. The lowest BCUT2D eigenvalue weighted by Gasteiger charge is -2.25. The van der Waals surface area contributed by atoms with Gasteiger partial charge in [0, 0.05) is 19.6 Å². The number of carbonyl (C=O) groups is 2. The van der Waals surface area contributed by atoms with Gasteiger partial charge in [0.1, 0.15) is 0 Å². The molecule has 1 aliphatic rings. The van der Waals surface area contributed by atoms with E-state index >= 15 is 0 Å². The van der Waals surface area contributed by atoms with Gasteiger partial charge in [-0.2, -0.15) is 0 Å². The van der Waals surface area contributed by atoms with E-state index in [4.69, 9.17) is 0 Å². The van der Waals surface area contributed by atoms with Crippen LogP contribution >= 0.6 is 0 Å². The first-order valence-electron chi connectivity index (χ1n) is 7.13. The Morgan fingerprint density at radius 3 is 2.37 bits per heavy atom. The summed E-state index contributed by atoms with van der Waals surface area (Å²) in [7, 11) is 1.63. The van der Waals surface area contributed by atoms with Crippen LogP contribution in [-0.4, -0.2) is 37.5 Å². The molecule has 2 amide bonds. The van der Waals surface area contributed by atoms with Crippen molar-refractivity contribution in [1.82, 2.24) is 16.0 Å². The van der Waals surface area contributed by atoms with Crippen LogP contribution < -0.4 is 16.0 Å². The van der Waals surface area contributed by atoms with Crippen LogP contribution in [0.5, 0.6) is 0 Å². The van der Waals surface area contributed by atoms with E-state index < -0.39 is 5.41 Å². The molecule has 110 valence electrons. The molecule has 0 radical (unpaired) electrons. The molecule has 1 rings (SSSR count). The Labute approximate surface area is 115 Å². The molecule has 0 aromatic rings. The summed E-state index contributed by atoms with van der Waals surface area (Å²) < 4.78 is 0. The molecule has 5 nitrogen and oxygen atoms in total. The summed E-state index contributed by atoms with van der Waals surface area (Å²) in [4.78, 5) is 23.6. The number of hydrogen-bond donors (Lipinski definition) is 3. The van der Waals surface area contributed by atoms with Gasteiger partial charge in [-0.05, 0) is 33.6 Å². The van der Waals surface area contributed by atoms with Crippen LogP contribution in [-0.2, 0) is 9.59 Å². The van der Waals surface area contributed by atoms with Crippen LogP contribution in [0.4, 0.5) is 0 Å². The van der Waals surface area contributed by atoms with Crippen molar-refractivity contribution in [3.63, 3.8) is 0 Å². The van der Waals surface area contributed by atoms with Crippen LogP contribution in [0.1, 0.15) is 46.5 Å². The maximum atomic E-state index is 12.0. The van der Waals surface area contributed by atoms with Crippen LogP contribution in [0, 0.1) is 5.41 Å². The number of rotatable bonds is 6. The lowest BCUT2D eigenvalue weighted by Crippen LogP contribution is -2.50. The summed E-state index contributed by atoms with van der Waals surface area (Å²) in [5.41, 5.74) is -0.517. The summed E-state index contributed by atoms with van der Waals surface area (Å²) in [5.74, 6) is 0.00278. The van der Waals surface area contributed by atoms with E-state index in [0.29, 0.717) is 12.6 Å². The fourth-order valence-electron chi connectivity index (χ4n) is 2.32. The summed E-state index contributed by atoms with van der Waals surface area (Å²) in [6.45, 7) is 6.04.